The monoisotopic (exact) mass is 222 g/mol. The van der Waals surface area contributed by atoms with Crippen molar-refractivity contribution in [2.45, 2.75) is 0 Å². The summed E-state index contributed by atoms with van der Waals surface area (Å²) >= 11 is 1.41. The molecule has 1 aromatic carbocycles. The number of fused-ring (bicyclic) bond motifs is 1. The molecule has 0 unspecified atom stereocenters. The van der Waals surface area contributed by atoms with Crippen LogP contribution in [-0.2, 0) is 0 Å². The van der Waals surface area contributed by atoms with Gasteiger partial charge in [-0.15, -0.1) is 5.10 Å². The van der Waals surface area contributed by atoms with Crippen molar-refractivity contribution in [2.24, 2.45) is 16.7 Å². The van der Waals surface area contributed by atoms with Gasteiger partial charge >= 0.3 is 0 Å². The molecule has 6 nitrogen and oxygen atoms in total. The van der Waals surface area contributed by atoms with E-state index in [1.807, 2.05) is 18.2 Å². The molecule has 0 aliphatic carbocycles. The highest BCUT2D eigenvalue weighted by Gasteiger charge is 2.04. The summed E-state index contributed by atoms with van der Waals surface area (Å²) < 4.78 is 0.972. The van der Waals surface area contributed by atoms with E-state index in [9.17, 15) is 0 Å². The molecule has 0 saturated carbocycles. The number of hydrazine groups is 1. The van der Waals surface area contributed by atoms with Crippen LogP contribution >= 0.6 is 11.3 Å². The predicted molar refractivity (Wildman–Crippen MR) is 62.1 cm³/mol. The van der Waals surface area contributed by atoms with Gasteiger partial charge in [-0.3, -0.25) is 0 Å². The molecule has 0 fully saturated rings. The van der Waals surface area contributed by atoms with Crippen molar-refractivity contribution in [3.05, 3.63) is 23.8 Å². The lowest BCUT2D eigenvalue weighted by Gasteiger charge is -1.99. The SMILES string of the molecule is NN/N=C(\N)c1ccc2nc(N)sc2c1. The van der Waals surface area contributed by atoms with E-state index in [0.29, 0.717) is 11.0 Å². The fraction of sp³-hybridized carbons (Fsp3) is 0. The molecule has 1 heterocycles. The number of nitrogens with zero attached hydrogens (tertiary/aromatic N) is 2. The van der Waals surface area contributed by atoms with Crippen LogP contribution in [0.1, 0.15) is 5.56 Å². The topological polar surface area (TPSA) is 115 Å². The van der Waals surface area contributed by atoms with E-state index in [1.165, 1.54) is 11.3 Å². The summed E-state index contributed by atoms with van der Waals surface area (Å²) in [4.78, 5) is 4.13. The molecular weight excluding hydrogens is 212 g/mol. The Morgan fingerprint density at radius 2 is 2.27 bits per heavy atom. The second-order valence-electron chi connectivity index (χ2n) is 2.86. The third-order valence-electron chi connectivity index (χ3n) is 1.89. The second kappa shape index (κ2) is 3.71. The average Bonchev–Trinajstić information content (AvgIpc) is 2.57. The Kier molecular flexibility index (Phi) is 2.40. The number of anilines is 1. The van der Waals surface area contributed by atoms with Crippen molar-refractivity contribution in [2.75, 3.05) is 5.73 Å². The lowest BCUT2D eigenvalue weighted by Crippen LogP contribution is -2.22. The smallest absolute Gasteiger partial charge is 0.181 e. The van der Waals surface area contributed by atoms with Gasteiger partial charge in [-0.25, -0.2) is 16.4 Å². The number of rotatable bonds is 2. The number of benzene rings is 1. The first kappa shape index (κ1) is 9.69. The van der Waals surface area contributed by atoms with Crippen LogP contribution in [0.3, 0.4) is 0 Å². The normalized spacial score (nSPS) is 11.9. The first-order valence-electron chi connectivity index (χ1n) is 4.16. The number of hydrazone groups is 1. The van der Waals surface area contributed by atoms with Gasteiger partial charge in [0.05, 0.1) is 10.2 Å². The van der Waals surface area contributed by atoms with Gasteiger partial charge in [-0.05, 0) is 18.2 Å². The number of amidine groups is 1. The first-order chi connectivity index (χ1) is 7.20. The van der Waals surface area contributed by atoms with Crippen molar-refractivity contribution in [1.82, 2.24) is 10.5 Å². The Morgan fingerprint density at radius 1 is 1.47 bits per heavy atom. The van der Waals surface area contributed by atoms with Gasteiger partial charge in [0, 0.05) is 5.56 Å². The Hall–Kier alpha value is -1.86. The molecule has 1 aromatic heterocycles. The number of aromatic nitrogens is 1. The molecular formula is C8H10N6S. The summed E-state index contributed by atoms with van der Waals surface area (Å²) in [5, 5.41) is 4.22. The van der Waals surface area contributed by atoms with E-state index in [-0.39, 0.29) is 0 Å². The number of hydrogen-bond acceptors (Lipinski definition) is 6. The van der Waals surface area contributed by atoms with Gasteiger partial charge in [-0.2, -0.15) is 0 Å². The predicted octanol–water partition coefficient (Wildman–Crippen LogP) is -0.0379. The minimum atomic E-state index is 0.325. The summed E-state index contributed by atoms with van der Waals surface area (Å²) in [7, 11) is 0. The number of nitrogens with one attached hydrogen (secondary N) is 1. The molecule has 0 aliphatic rings. The lowest BCUT2D eigenvalue weighted by molar-refractivity contribution is 0.804. The summed E-state index contributed by atoms with van der Waals surface area (Å²) in [6, 6.07) is 5.54. The Morgan fingerprint density at radius 3 is 3.00 bits per heavy atom. The number of nitrogens with two attached hydrogens (primary N) is 3. The number of hydrogen-bond donors (Lipinski definition) is 4. The van der Waals surface area contributed by atoms with Crippen molar-refractivity contribution >= 4 is 32.5 Å². The summed E-state index contributed by atoms with van der Waals surface area (Å²) in [5.74, 6) is 5.36. The number of thiazole rings is 1. The molecule has 2 rings (SSSR count). The van der Waals surface area contributed by atoms with Crippen LogP contribution in [-0.4, -0.2) is 10.8 Å². The van der Waals surface area contributed by atoms with Crippen molar-refractivity contribution in [3.63, 3.8) is 0 Å². The second-order valence-corrected chi connectivity index (χ2v) is 3.92. The summed E-state index contributed by atoms with van der Waals surface area (Å²) in [6.45, 7) is 0. The Labute approximate surface area is 89.7 Å². The molecule has 0 saturated heterocycles. The Bertz CT molecular complexity index is 517. The van der Waals surface area contributed by atoms with Crippen LogP contribution in [0.4, 0.5) is 5.13 Å². The molecule has 0 aliphatic heterocycles. The van der Waals surface area contributed by atoms with Gasteiger partial charge in [0.15, 0.2) is 11.0 Å². The lowest BCUT2D eigenvalue weighted by atomic mass is 10.2. The highest BCUT2D eigenvalue weighted by atomic mass is 32.1. The maximum Gasteiger partial charge on any atom is 0.181 e. The minimum absolute atomic E-state index is 0.325. The van der Waals surface area contributed by atoms with Crippen LogP contribution in [0.5, 0.6) is 0 Å². The van der Waals surface area contributed by atoms with Crippen LogP contribution in [0.2, 0.25) is 0 Å². The molecule has 0 radical (unpaired) electrons. The summed E-state index contributed by atoms with van der Waals surface area (Å²) in [6.07, 6.45) is 0. The minimum Gasteiger partial charge on any atom is -0.382 e. The highest BCUT2D eigenvalue weighted by molar-refractivity contribution is 7.22. The zero-order chi connectivity index (χ0) is 10.8. The Balaban J connectivity index is 2.50. The number of nitrogen functional groups attached to an aromatic ring is 1. The standard InChI is InChI=1S/C8H10N6S/c9-7(13-14-11)4-1-2-5-6(3-4)15-8(10)12-5/h1-3,14H,11H2,(H2,9,13)(H2,10,12). The van der Waals surface area contributed by atoms with E-state index in [0.717, 1.165) is 15.8 Å². The maximum atomic E-state index is 5.66. The van der Waals surface area contributed by atoms with Crippen molar-refractivity contribution < 1.29 is 0 Å². The maximum absolute atomic E-state index is 5.66. The van der Waals surface area contributed by atoms with E-state index >= 15 is 0 Å². The third kappa shape index (κ3) is 1.83. The molecule has 15 heavy (non-hydrogen) atoms. The molecule has 7 N–H and O–H groups in total. The van der Waals surface area contributed by atoms with Crippen LogP contribution in [0, 0.1) is 0 Å². The molecule has 0 spiro atoms. The van der Waals surface area contributed by atoms with Crippen LogP contribution in [0.15, 0.2) is 23.3 Å². The molecule has 2 aromatic rings. The first-order valence-corrected chi connectivity index (χ1v) is 4.97. The zero-order valence-electron chi connectivity index (χ0n) is 7.77. The van der Waals surface area contributed by atoms with Gasteiger partial charge in [0.25, 0.3) is 0 Å². The molecule has 0 atom stereocenters. The van der Waals surface area contributed by atoms with Crippen LogP contribution < -0.4 is 22.8 Å². The third-order valence-corrected chi connectivity index (χ3v) is 2.73. The van der Waals surface area contributed by atoms with Crippen LogP contribution in [0.25, 0.3) is 10.2 Å². The molecule has 0 amide bonds. The van der Waals surface area contributed by atoms with Gasteiger partial charge in [0.1, 0.15) is 0 Å². The quantitative estimate of drug-likeness (QED) is 0.246. The molecule has 7 heteroatoms. The largest absolute Gasteiger partial charge is 0.382 e. The summed E-state index contributed by atoms with van der Waals surface area (Å²) in [5.41, 5.74) is 15.0. The van der Waals surface area contributed by atoms with E-state index < -0.39 is 0 Å². The van der Waals surface area contributed by atoms with E-state index in [4.69, 9.17) is 17.3 Å². The fourth-order valence-electron chi connectivity index (χ4n) is 1.24. The van der Waals surface area contributed by atoms with Crippen molar-refractivity contribution in [3.8, 4) is 0 Å². The molecule has 78 valence electrons. The van der Waals surface area contributed by atoms with Gasteiger partial charge in [0.2, 0.25) is 0 Å². The van der Waals surface area contributed by atoms with E-state index in [1.54, 1.807) is 0 Å². The van der Waals surface area contributed by atoms with E-state index in [2.05, 4.69) is 15.6 Å². The van der Waals surface area contributed by atoms with Gasteiger partial charge < -0.3 is 11.5 Å². The zero-order valence-corrected chi connectivity index (χ0v) is 8.58. The van der Waals surface area contributed by atoms with Gasteiger partial charge in [-0.1, -0.05) is 11.3 Å². The fourth-order valence-corrected chi connectivity index (χ4v) is 2.01. The highest BCUT2D eigenvalue weighted by Crippen LogP contribution is 2.24. The average molecular weight is 222 g/mol. The molecule has 0 bridgehead atoms. The van der Waals surface area contributed by atoms with Crippen molar-refractivity contribution in [1.29, 1.82) is 0 Å².